The first kappa shape index (κ1) is 17.8. The summed E-state index contributed by atoms with van der Waals surface area (Å²) in [7, 11) is 1.66. The molecular weight excluding hydrogens is 362 g/mol. The van der Waals surface area contributed by atoms with Crippen molar-refractivity contribution < 1.29 is 9.53 Å². The number of carbonyl (C=O) groups is 1. The quantitative estimate of drug-likeness (QED) is 0.731. The Labute approximate surface area is 162 Å². The van der Waals surface area contributed by atoms with E-state index in [0.717, 1.165) is 46.5 Å². The van der Waals surface area contributed by atoms with Crippen LogP contribution in [-0.2, 0) is 4.79 Å². The second-order valence-corrected chi connectivity index (χ2v) is 7.58. The van der Waals surface area contributed by atoms with Crippen LogP contribution in [0.25, 0.3) is 16.2 Å². The maximum absolute atomic E-state index is 12.2. The predicted octanol–water partition coefficient (Wildman–Crippen LogP) is 2.82. The molecule has 1 aliphatic heterocycles. The molecule has 1 saturated heterocycles. The molecule has 1 atom stereocenters. The summed E-state index contributed by atoms with van der Waals surface area (Å²) in [6, 6.07) is 7.84. The zero-order valence-corrected chi connectivity index (χ0v) is 16.3. The number of carbonyl (C=O) groups excluding carboxylic acids is 1. The van der Waals surface area contributed by atoms with Gasteiger partial charge in [-0.15, -0.1) is 5.10 Å². The van der Waals surface area contributed by atoms with Gasteiger partial charge in [-0.1, -0.05) is 11.3 Å². The van der Waals surface area contributed by atoms with Gasteiger partial charge in [0, 0.05) is 25.2 Å². The number of amides is 1. The van der Waals surface area contributed by atoms with Crippen molar-refractivity contribution in [2.24, 2.45) is 5.92 Å². The average Bonchev–Trinajstić information content (AvgIpc) is 3.28. The van der Waals surface area contributed by atoms with E-state index in [1.807, 2.05) is 41.9 Å². The number of nitrogens with zero attached hydrogens (tertiary/aromatic N) is 4. The first-order valence-corrected chi connectivity index (χ1v) is 10.0. The molecule has 3 aromatic rings. The molecule has 4 rings (SSSR count). The third-order valence-corrected chi connectivity index (χ3v) is 5.82. The molecule has 0 spiro atoms. The Bertz CT molecular complexity index is 902. The minimum atomic E-state index is 0.0322. The van der Waals surface area contributed by atoms with Crippen molar-refractivity contribution in [1.29, 1.82) is 0 Å². The van der Waals surface area contributed by atoms with E-state index in [9.17, 15) is 4.79 Å². The van der Waals surface area contributed by atoms with Gasteiger partial charge in [-0.25, -0.2) is 9.50 Å². The van der Waals surface area contributed by atoms with Gasteiger partial charge < -0.3 is 15.0 Å². The summed E-state index contributed by atoms with van der Waals surface area (Å²) in [6.45, 7) is 4.27. The molecule has 7 nitrogen and oxygen atoms in total. The largest absolute Gasteiger partial charge is 0.497 e. The van der Waals surface area contributed by atoms with Crippen LogP contribution in [0.4, 0.5) is 5.13 Å². The van der Waals surface area contributed by atoms with E-state index >= 15 is 0 Å². The number of anilines is 1. The molecule has 1 fully saturated rings. The van der Waals surface area contributed by atoms with Crippen LogP contribution in [0.15, 0.2) is 30.5 Å². The normalized spacial score (nSPS) is 17.3. The van der Waals surface area contributed by atoms with Gasteiger partial charge in [-0.2, -0.15) is 0 Å². The smallest absolute Gasteiger partial charge is 0.224 e. The molecule has 0 bridgehead atoms. The van der Waals surface area contributed by atoms with Crippen molar-refractivity contribution in [2.45, 2.75) is 19.8 Å². The van der Waals surface area contributed by atoms with Crippen molar-refractivity contribution in [3.05, 3.63) is 30.5 Å². The summed E-state index contributed by atoms with van der Waals surface area (Å²) in [5.41, 5.74) is 1.92. The van der Waals surface area contributed by atoms with Crippen molar-refractivity contribution in [3.8, 4) is 17.0 Å². The topological polar surface area (TPSA) is 71.8 Å². The lowest BCUT2D eigenvalue weighted by atomic mass is 9.97. The number of piperidine rings is 1. The summed E-state index contributed by atoms with van der Waals surface area (Å²) < 4.78 is 7.03. The van der Waals surface area contributed by atoms with Crippen LogP contribution < -0.4 is 15.0 Å². The van der Waals surface area contributed by atoms with Gasteiger partial charge in [0.1, 0.15) is 5.75 Å². The molecule has 1 amide bonds. The predicted molar refractivity (Wildman–Crippen MR) is 106 cm³/mol. The van der Waals surface area contributed by atoms with Crippen LogP contribution in [0.2, 0.25) is 0 Å². The Morgan fingerprint density at radius 3 is 2.89 bits per heavy atom. The first-order valence-electron chi connectivity index (χ1n) is 9.21. The van der Waals surface area contributed by atoms with Crippen molar-refractivity contribution in [2.75, 3.05) is 31.6 Å². The second kappa shape index (κ2) is 7.56. The van der Waals surface area contributed by atoms with E-state index in [2.05, 4.69) is 10.2 Å². The van der Waals surface area contributed by atoms with E-state index in [4.69, 9.17) is 14.8 Å². The van der Waals surface area contributed by atoms with Crippen molar-refractivity contribution >= 4 is 27.3 Å². The van der Waals surface area contributed by atoms with Gasteiger partial charge in [0.2, 0.25) is 16.0 Å². The zero-order valence-electron chi connectivity index (χ0n) is 15.5. The first-order chi connectivity index (χ1) is 13.2. The molecular formula is C19H23N5O2S. The van der Waals surface area contributed by atoms with E-state index in [-0.39, 0.29) is 11.8 Å². The fourth-order valence-electron chi connectivity index (χ4n) is 3.40. The number of hydrogen-bond acceptors (Lipinski definition) is 6. The third-order valence-electron chi connectivity index (χ3n) is 4.83. The number of fused-ring (bicyclic) bond motifs is 1. The summed E-state index contributed by atoms with van der Waals surface area (Å²) in [4.78, 5) is 19.9. The lowest BCUT2D eigenvalue weighted by Gasteiger charge is -2.31. The van der Waals surface area contributed by atoms with Crippen molar-refractivity contribution in [1.82, 2.24) is 19.9 Å². The van der Waals surface area contributed by atoms with Gasteiger partial charge in [0.15, 0.2) is 0 Å². The summed E-state index contributed by atoms with van der Waals surface area (Å²) >= 11 is 1.56. The van der Waals surface area contributed by atoms with Crippen LogP contribution in [-0.4, -0.2) is 47.2 Å². The molecule has 0 aliphatic carbocycles. The number of rotatable bonds is 5. The lowest BCUT2D eigenvalue weighted by molar-refractivity contribution is -0.125. The van der Waals surface area contributed by atoms with E-state index in [1.54, 1.807) is 18.4 Å². The van der Waals surface area contributed by atoms with Gasteiger partial charge >= 0.3 is 0 Å². The molecule has 142 valence electrons. The molecule has 1 N–H and O–H groups in total. The number of ether oxygens (including phenoxy) is 1. The minimum Gasteiger partial charge on any atom is -0.497 e. The van der Waals surface area contributed by atoms with E-state index < -0.39 is 0 Å². The lowest BCUT2D eigenvalue weighted by Crippen LogP contribution is -2.43. The number of methoxy groups -OCH3 is 1. The number of aromatic nitrogens is 3. The van der Waals surface area contributed by atoms with Gasteiger partial charge in [0.25, 0.3) is 0 Å². The minimum absolute atomic E-state index is 0.0322. The van der Waals surface area contributed by atoms with E-state index in [1.165, 1.54) is 0 Å². The molecule has 1 aromatic carbocycles. The maximum Gasteiger partial charge on any atom is 0.224 e. The summed E-state index contributed by atoms with van der Waals surface area (Å²) in [5, 5.41) is 8.56. The fourth-order valence-corrected chi connectivity index (χ4v) is 4.32. The van der Waals surface area contributed by atoms with Gasteiger partial charge in [0.05, 0.1) is 24.9 Å². The molecule has 2 aromatic heterocycles. The van der Waals surface area contributed by atoms with Crippen LogP contribution >= 0.6 is 11.3 Å². The van der Waals surface area contributed by atoms with Crippen LogP contribution in [0.3, 0.4) is 0 Å². The highest BCUT2D eigenvalue weighted by atomic mass is 32.1. The fraction of sp³-hybridized carbons (Fsp3) is 0.421. The highest BCUT2D eigenvalue weighted by Crippen LogP contribution is 2.30. The Morgan fingerprint density at radius 1 is 1.37 bits per heavy atom. The number of hydrogen-bond donors (Lipinski definition) is 1. The number of nitrogens with one attached hydrogen (secondary N) is 1. The molecule has 1 aliphatic rings. The highest BCUT2D eigenvalue weighted by molar-refractivity contribution is 7.20. The zero-order chi connectivity index (χ0) is 18.8. The second-order valence-electron chi connectivity index (χ2n) is 6.65. The Hall–Kier alpha value is -2.61. The number of benzene rings is 1. The standard InChI is InChI=1S/C19H23N5O2S/c1-3-20-17(25)14-5-4-10-23(11-14)19-22-24-12-16(21-18(24)27-19)13-6-8-15(26-2)9-7-13/h6-9,12,14H,3-5,10-11H2,1-2H3,(H,20,25). The third kappa shape index (κ3) is 3.62. The van der Waals surface area contributed by atoms with Crippen LogP contribution in [0, 0.1) is 5.92 Å². The molecule has 0 saturated carbocycles. The van der Waals surface area contributed by atoms with Crippen LogP contribution in [0.5, 0.6) is 5.75 Å². The van der Waals surface area contributed by atoms with Gasteiger partial charge in [-0.05, 0) is 44.0 Å². The Balaban J connectivity index is 1.52. The Kier molecular flexibility index (Phi) is 4.98. The molecule has 27 heavy (non-hydrogen) atoms. The Morgan fingerprint density at radius 2 is 2.19 bits per heavy atom. The van der Waals surface area contributed by atoms with Crippen molar-refractivity contribution in [3.63, 3.8) is 0 Å². The summed E-state index contributed by atoms with van der Waals surface area (Å²) in [5.74, 6) is 1.00. The average molecular weight is 385 g/mol. The van der Waals surface area contributed by atoms with E-state index in [0.29, 0.717) is 13.1 Å². The van der Waals surface area contributed by atoms with Gasteiger partial charge in [-0.3, -0.25) is 4.79 Å². The summed E-state index contributed by atoms with van der Waals surface area (Å²) in [6.07, 6.45) is 3.88. The maximum atomic E-state index is 12.2. The highest BCUT2D eigenvalue weighted by Gasteiger charge is 2.27. The molecule has 8 heteroatoms. The number of imidazole rings is 1. The molecule has 0 radical (unpaired) electrons. The molecule has 3 heterocycles. The van der Waals surface area contributed by atoms with Crippen LogP contribution in [0.1, 0.15) is 19.8 Å². The SMILES string of the molecule is CCNC(=O)C1CCCN(c2nn3cc(-c4ccc(OC)cc4)nc3s2)C1. The monoisotopic (exact) mass is 385 g/mol. The molecule has 1 unspecified atom stereocenters.